The Morgan fingerprint density at radius 1 is 1.04 bits per heavy atom. The molecule has 0 spiro atoms. The van der Waals surface area contributed by atoms with Crippen LogP contribution in [0.4, 0.5) is 0 Å². The van der Waals surface area contributed by atoms with Crippen molar-refractivity contribution < 1.29 is 14.3 Å². The van der Waals surface area contributed by atoms with Crippen molar-refractivity contribution in [1.82, 2.24) is 9.55 Å². The van der Waals surface area contributed by atoms with E-state index in [-0.39, 0.29) is 12.2 Å². The number of aryl methyl sites for hydroxylation is 1. The Bertz CT molecular complexity index is 898. The molecule has 134 valence electrons. The number of hydrogen-bond acceptors (Lipinski definition) is 4. The van der Waals surface area contributed by atoms with Crippen LogP contribution in [0.3, 0.4) is 0 Å². The first-order chi connectivity index (χ1) is 12.6. The van der Waals surface area contributed by atoms with E-state index in [1.54, 1.807) is 38.7 Å². The van der Waals surface area contributed by atoms with Crippen LogP contribution < -0.4 is 9.47 Å². The Hall–Kier alpha value is -3.08. The largest absolute Gasteiger partial charge is 0.493 e. The first-order valence-corrected chi connectivity index (χ1v) is 8.40. The molecule has 0 aliphatic carbocycles. The van der Waals surface area contributed by atoms with Gasteiger partial charge in [0.2, 0.25) is 0 Å². The summed E-state index contributed by atoms with van der Waals surface area (Å²) in [6.45, 7) is 2.80. The van der Waals surface area contributed by atoms with Gasteiger partial charge in [-0.1, -0.05) is 29.8 Å². The van der Waals surface area contributed by atoms with Gasteiger partial charge in [-0.2, -0.15) is 0 Å². The van der Waals surface area contributed by atoms with Crippen molar-refractivity contribution in [3.05, 3.63) is 77.4 Å². The molecule has 26 heavy (non-hydrogen) atoms. The van der Waals surface area contributed by atoms with E-state index in [2.05, 4.69) is 36.2 Å². The van der Waals surface area contributed by atoms with Gasteiger partial charge in [0.25, 0.3) is 0 Å². The maximum Gasteiger partial charge on any atom is 0.169 e. The molecule has 0 aliphatic rings. The highest BCUT2D eigenvalue weighted by atomic mass is 16.5. The molecule has 0 saturated heterocycles. The molecule has 0 bridgehead atoms. The van der Waals surface area contributed by atoms with Crippen LogP contribution in [0.25, 0.3) is 0 Å². The number of aromatic nitrogens is 2. The lowest BCUT2D eigenvalue weighted by Gasteiger charge is -2.08. The van der Waals surface area contributed by atoms with Crippen LogP contribution in [0.5, 0.6) is 11.5 Å². The first kappa shape index (κ1) is 17.7. The minimum atomic E-state index is -0.00783. The van der Waals surface area contributed by atoms with Crippen LogP contribution in [-0.4, -0.2) is 29.6 Å². The highest BCUT2D eigenvalue weighted by Gasteiger charge is 2.13. The normalized spacial score (nSPS) is 10.6. The summed E-state index contributed by atoms with van der Waals surface area (Å²) in [5.74, 6) is 1.14. The highest BCUT2D eigenvalue weighted by molar-refractivity contribution is 5.97. The minimum absolute atomic E-state index is 0.00783. The summed E-state index contributed by atoms with van der Waals surface area (Å²) in [6, 6.07) is 13.6. The third kappa shape index (κ3) is 4.11. The number of rotatable bonds is 7. The van der Waals surface area contributed by atoms with Gasteiger partial charge in [-0.15, -0.1) is 0 Å². The number of Topliss-reactive ketones (excluding diaryl/α,β-unsaturated/α-hetero) is 1. The fourth-order valence-corrected chi connectivity index (χ4v) is 2.76. The Morgan fingerprint density at radius 3 is 2.46 bits per heavy atom. The number of carbonyl (C=O) groups is 1. The van der Waals surface area contributed by atoms with Crippen LogP contribution in [0.15, 0.2) is 55.0 Å². The van der Waals surface area contributed by atoms with Crippen LogP contribution in [0, 0.1) is 6.92 Å². The van der Waals surface area contributed by atoms with Gasteiger partial charge in [0.15, 0.2) is 17.3 Å². The van der Waals surface area contributed by atoms with E-state index in [9.17, 15) is 4.79 Å². The van der Waals surface area contributed by atoms with Crippen molar-refractivity contribution in [3.63, 3.8) is 0 Å². The Labute approximate surface area is 153 Å². The summed E-state index contributed by atoms with van der Waals surface area (Å²) in [5.41, 5.74) is 3.76. The van der Waals surface area contributed by atoms with Crippen molar-refractivity contribution in [3.8, 4) is 11.5 Å². The van der Waals surface area contributed by atoms with Gasteiger partial charge in [-0.25, -0.2) is 4.98 Å². The van der Waals surface area contributed by atoms with Gasteiger partial charge in [0.05, 0.1) is 32.7 Å². The molecule has 1 aromatic heterocycles. The van der Waals surface area contributed by atoms with E-state index in [1.807, 2.05) is 10.8 Å². The van der Waals surface area contributed by atoms with Crippen LogP contribution >= 0.6 is 0 Å². The maximum absolute atomic E-state index is 12.5. The quantitative estimate of drug-likeness (QED) is 0.610. The summed E-state index contributed by atoms with van der Waals surface area (Å²) < 4.78 is 12.5. The molecule has 3 rings (SSSR count). The molecule has 0 fully saturated rings. The molecular weight excluding hydrogens is 328 g/mol. The molecule has 0 unspecified atom stereocenters. The summed E-state index contributed by atoms with van der Waals surface area (Å²) in [5, 5.41) is 0. The van der Waals surface area contributed by atoms with Crippen LogP contribution in [-0.2, 0) is 13.0 Å². The lowest BCUT2D eigenvalue weighted by atomic mass is 10.1. The van der Waals surface area contributed by atoms with Gasteiger partial charge in [-0.3, -0.25) is 4.79 Å². The Kier molecular flexibility index (Phi) is 5.37. The molecule has 3 aromatic rings. The second kappa shape index (κ2) is 7.87. The zero-order valence-electron chi connectivity index (χ0n) is 15.2. The molecule has 1 heterocycles. The molecule has 0 atom stereocenters. The topological polar surface area (TPSA) is 53.4 Å². The summed E-state index contributed by atoms with van der Waals surface area (Å²) in [6.07, 6.45) is 3.92. The third-order valence-electron chi connectivity index (χ3n) is 4.22. The number of ether oxygens (including phenoxy) is 2. The predicted octanol–water partition coefficient (Wildman–Crippen LogP) is 3.68. The van der Waals surface area contributed by atoms with E-state index < -0.39 is 0 Å². The molecule has 0 saturated carbocycles. The van der Waals surface area contributed by atoms with Crippen molar-refractivity contribution >= 4 is 5.78 Å². The fraction of sp³-hybridized carbons (Fsp3) is 0.238. The number of methoxy groups -OCH3 is 2. The minimum Gasteiger partial charge on any atom is -0.493 e. The van der Waals surface area contributed by atoms with Gasteiger partial charge in [0, 0.05) is 18.3 Å². The van der Waals surface area contributed by atoms with E-state index in [0.29, 0.717) is 17.1 Å². The zero-order valence-corrected chi connectivity index (χ0v) is 15.2. The van der Waals surface area contributed by atoms with Crippen molar-refractivity contribution in [1.29, 1.82) is 0 Å². The molecule has 0 radical (unpaired) electrons. The second-order valence-electron chi connectivity index (χ2n) is 6.19. The van der Waals surface area contributed by atoms with Gasteiger partial charge in [0.1, 0.15) is 0 Å². The number of hydrogen-bond donors (Lipinski definition) is 0. The van der Waals surface area contributed by atoms with E-state index in [1.165, 1.54) is 11.1 Å². The average Bonchev–Trinajstić information content (AvgIpc) is 3.09. The van der Waals surface area contributed by atoms with E-state index in [4.69, 9.17) is 9.47 Å². The van der Waals surface area contributed by atoms with E-state index >= 15 is 0 Å². The van der Waals surface area contributed by atoms with Crippen LogP contribution in [0.2, 0.25) is 0 Å². The standard InChI is InChI=1S/C21H22N2O3/c1-15-4-6-16(7-5-15)12-23-13-18(22-14-23)11-19(24)17-8-9-20(25-2)21(10-17)26-3/h4-10,13-14H,11-12H2,1-3H3. The smallest absolute Gasteiger partial charge is 0.169 e. The molecule has 0 N–H and O–H groups in total. The first-order valence-electron chi connectivity index (χ1n) is 8.40. The monoisotopic (exact) mass is 350 g/mol. The fourth-order valence-electron chi connectivity index (χ4n) is 2.76. The van der Waals surface area contributed by atoms with Crippen molar-refractivity contribution in [2.24, 2.45) is 0 Å². The Balaban J connectivity index is 1.68. The molecule has 0 aliphatic heterocycles. The van der Waals surface area contributed by atoms with E-state index in [0.717, 1.165) is 12.2 Å². The summed E-state index contributed by atoms with van der Waals surface area (Å²) in [4.78, 5) is 16.9. The van der Waals surface area contributed by atoms with Crippen molar-refractivity contribution in [2.75, 3.05) is 14.2 Å². The SMILES string of the molecule is COc1ccc(C(=O)Cc2cn(Cc3ccc(C)cc3)cn2)cc1OC. The maximum atomic E-state index is 12.5. The highest BCUT2D eigenvalue weighted by Crippen LogP contribution is 2.28. The lowest BCUT2D eigenvalue weighted by Crippen LogP contribution is -2.05. The number of benzene rings is 2. The lowest BCUT2D eigenvalue weighted by molar-refractivity contribution is 0.0991. The average molecular weight is 350 g/mol. The third-order valence-corrected chi connectivity index (χ3v) is 4.22. The predicted molar refractivity (Wildman–Crippen MR) is 100 cm³/mol. The molecule has 2 aromatic carbocycles. The number of imidazole rings is 1. The number of ketones is 1. The summed E-state index contributed by atoms with van der Waals surface area (Å²) in [7, 11) is 3.12. The van der Waals surface area contributed by atoms with Crippen molar-refractivity contribution in [2.45, 2.75) is 19.9 Å². The van der Waals surface area contributed by atoms with Gasteiger partial charge in [-0.05, 0) is 30.7 Å². The second-order valence-corrected chi connectivity index (χ2v) is 6.19. The number of carbonyl (C=O) groups excluding carboxylic acids is 1. The molecular formula is C21H22N2O3. The Morgan fingerprint density at radius 2 is 1.77 bits per heavy atom. The molecule has 5 heteroatoms. The zero-order chi connectivity index (χ0) is 18.5. The summed E-state index contributed by atoms with van der Waals surface area (Å²) >= 11 is 0. The van der Waals surface area contributed by atoms with Gasteiger partial charge < -0.3 is 14.0 Å². The molecule has 5 nitrogen and oxygen atoms in total. The molecule has 0 amide bonds. The van der Waals surface area contributed by atoms with Crippen LogP contribution in [0.1, 0.15) is 27.2 Å². The number of nitrogens with zero attached hydrogens (tertiary/aromatic N) is 2. The van der Waals surface area contributed by atoms with Gasteiger partial charge >= 0.3 is 0 Å².